The average Bonchev–Trinajstić information content (AvgIpc) is 3.70. The smallest absolute Gasteiger partial charge is 0.270 e. The number of anilines is 1. The Labute approximate surface area is 265 Å². The first kappa shape index (κ1) is 29.3. The number of rotatable bonds is 8. The number of nitro benzene ring substituents is 1. The van der Waals surface area contributed by atoms with Gasteiger partial charge in [0.25, 0.3) is 5.69 Å². The molecule has 4 heterocycles. The van der Waals surface area contributed by atoms with E-state index in [4.69, 9.17) is 4.99 Å². The minimum absolute atomic E-state index is 0.0820. The second kappa shape index (κ2) is 12.5. The Hall–Kier alpha value is -5.45. The molecule has 3 N–H and O–H groups in total. The third kappa shape index (κ3) is 5.95. The molecule has 0 radical (unpaired) electrons. The maximum absolute atomic E-state index is 12.4. The van der Waals surface area contributed by atoms with E-state index in [-0.39, 0.29) is 17.5 Å². The highest BCUT2D eigenvalue weighted by atomic mass is 16.6. The predicted octanol–water partition coefficient (Wildman–Crippen LogP) is 6.84. The van der Waals surface area contributed by atoms with Crippen LogP contribution in [0.1, 0.15) is 55.2 Å². The molecule has 0 atom stereocenters. The van der Waals surface area contributed by atoms with Gasteiger partial charge < -0.3 is 24.9 Å². The number of piperidine rings is 2. The van der Waals surface area contributed by atoms with Gasteiger partial charge >= 0.3 is 0 Å². The summed E-state index contributed by atoms with van der Waals surface area (Å²) in [4.78, 5) is 43.7. The molecule has 0 bridgehead atoms. The van der Waals surface area contributed by atoms with E-state index >= 15 is 0 Å². The van der Waals surface area contributed by atoms with Gasteiger partial charge in [-0.25, -0.2) is 9.98 Å². The number of nitrogens with one attached hydrogen (secondary N) is 2. The van der Waals surface area contributed by atoms with Crippen LogP contribution in [-0.4, -0.2) is 61.1 Å². The number of amides is 1. The highest BCUT2D eigenvalue weighted by molar-refractivity contribution is 6.22. The summed E-state index contributed by atoms with van der Waals surface area (Å²) in [7, 11) is 0. The van der Waals surface area contributed by atoms with Crippen molar-refractivity contribution in [1.82, 2.24) is 19.9 Å². The number of fused-ring (bicyclic) bond motifs is 1. The number of carbonyl (C=O) groups is 1. The van der Waals surface area contributed by atoms with Gasteiger partial charge in [0.15, 0.2) is 5.88 Å². The number of aliphatic imine (C=N–C) groups is 1. The van der Waals surface area contributed by atoms with Gasteiger partial charge in [-0.15, -0.1) is 0 Å². The van der Waals surface area contributed by atoms with Crippen LogP contribution in [0.25, 0.3) is 22.2 Å². The van der Waals surface area contributed by atoms with Crippen LogP contribution in [0.5, 0.6) is 5.88 Å². The molecule has 0 aliphatic carbocycles. The molecule has 234 valence electrons. The van der Waals surface area contributed by atoms with Crippen molar-refractivity contribution in [3.8, 4) is 17.1 Å². The summed E-state index contributed by atoms with van der Waals surface area (Å²) >= 11 is 0. The molecule has 2 fully saturated rings. The molecule has 2 aliphatic rings. The lowest BCUT2D eigenvalue weighted by Gasteiger charge is -2.26. The van der Waals surface area contributed by atoms with E-state index in [1.807, 2.05) is 59.6 Å². The van der Waals surface area contributed by atoms with Crippen molar-refractivity contribution in [3.05, 3.63) is 99.7 Å². The fourth-order valence-corrected chi connectivity index (χ4v) is 6.37. The first-order chi connectivity index (χ1) is 22.4. The van der Waals surface area contributed by atoms with E-state index in [0.29, 0.717) is 40.8 Å². The second-order valence-electron chi connectivity index (χ2n) is 12.0. The molecule has 3 aromatic carbocycles. The molecule has 7 rings (SSSR count). The Morgan fingerprint density at radius 1 is 0.935 bits per heavy atom. The number of aromatic amines is 2. The molecule has 2 aromatic heterocycles. The van der Waals surface area contributed by atoms with E-state index in [0.717, 1.165) is 60.8 Å². The van der Waals surface area contributed by atoms with Gasteiger partial charge in [-0.1, -0.05) is 36.4 Å². The van der Waals surface area contributed by atoms with Crippen LogP contribution in [0.15, 0.2) is 77.9 Å². The van der Waals surface area contributed by atoms with Gasteiger partial charge in [0, 0.05) is 61.2 Å². The van der Waals surface area contributed by atoms with Gasteiger partial charge in [0.05, 0.1) is 33.8 Å². The number of aromatic nitrogens is 3. The third-order valence-electron chi connectivity index (χ3n) is 8.87. The van der Waals surface area contributed by atoms with Gasteiger partial charge in [0.1, 0.15) is 0 Å². The number of H-pyrrole nitrogens is 2. The number of hydrogen-bond donors (Lipinski definition) is 3. The number of aromatic hydroxyl groups is 1. The standard InChI is InChI=1S/C35H35N7O4/c43-31-6-2-5-19-41(31)22-23-7-9-25(10-8-23)33(32-28-20-27(42(45)46)15-16-29(28)38-34(32)44)37-26-13-11-24(12-14-26)30-21-36-35(39-30)40-17-3-1-4-18-40/h7-16,20-21,38,44H,1-6,17-19,22H2,(H,36,39). The third-order valence-corrected chi connectivity index (χ3v) is 8.87. The van der Waals surface area contributed by atoms with Crippen molar-refractivity contribution in [2.75, 3.05) is 24.5 Å². The molecular formula is C35H35N7O4. The van der Waals surface area contributed by atoms with Gasteiger partial charge in [-0.3, -0.25) is 14.9 Å². The van der Waals surface area contributed by atoms with Crippen molar-refractivity contribution < 1.29 is 14.8 Å². The van der Waals surface area contributed by atoms with E-state index in [2.05, 4.69) is 19.9 Å². The maximum Gasteiger partial charge on any atom is 0.270 e. The molecule has 1 amide bonds. The molecule has 5 aromatic rings. The number of likely N-dealkylation sites (tertiary alicyclic amines) is 1. The van der Waals surface area contributed by atoms with Crippen molar-refractivity contribution >= 4 is 39.8 Å². The number of nitro groups is 1. The van der Waals surface area contributed by atoms with Crippen LogP contribution in [0.3, 0.4) is 0 Å². The Balaban J connectivity index is 1.24. The van der Waals surface area contributed by atoms with Crippen LogP contribution >= 0.6 is 0 Å². The van der Waals surface area contributed by atoms with Crippen molar-refractivity contribution in [2.45, 2.75) is 45.1 Å². The molecule has 0 spiro atoms. The highest BCUT2D eigenvalue weighted by Gasteiger charge is 2.22. The SMILES string of the molecule is O=C1CCCCN1Cc1ccc(C(=Nc2ccc(-c3cnc(N4CCCCC4)[nH]3)cc2)c2c(O)[nH]c3ccc([N+](=O)[O-])cc23)cc1. The molecule has 0 saturated carbocycles. The van der Waals surface area contributed by atoms with Crippen molar-refractivity contribution in [2.24, 2.45) is 4.99 Å². The maximum atomic E-state index is 12.4. The number of carbonyl (C=O) groups excluding carboxylic acids is 1. The first-order valence-corrected chi connectivity index (χ1v) is 15.8. The summed E-state index contributed by atoms with van der Waals surface area (Å²) in [6, 6.07) is 20.0. The van der Waals surface area contributed by atoms with Crippen LogP contribution in [0.2, 0.25) is 0 Å². The predicted molar refractivity (Wildman–Crippen MR) is 178 cm³/mol. The van der Waals surface area contributed by atoms with E-state index in [9.17, 15) is 20.0 Å². The summed E-state index contributed by atoms with van der Waals surface area (Å²) in [5, 5.41) is 23.2. The topological polar surface area (TPSA) is 144 Å². The number of nitrogens with zero attached hydrogens (tertiary/aromatic N) is 5. The fourth-order valence-electron chi connectivity index (χ4n) is 6.37. The summed E-state index contributed by atoms with van der Waals surface area (Å²) in [6.45, 7) is 3.29. The number of non-ortho nitro benzene ring substituents is 1. The van der Waals surface area contributed by atoms with E-state index < -0.39 is 4.92 Å². The fraction of sp³-hybridized carbons (Fsp3) is 0.286. The molecular weight excluding hydrogens is 582 g/mol. The molecule has 11 heteroatoms. The molecule has 46 heavy (non-hydrogen) atoms. The molecule has 11 nitrogen and oxygen atoms in total. The van der Waals surface area contributed by atoms with Gasteiger partial charge in [-0.05, 0) is 61.4 Å². The minimum Gasteiger partial charge on any atom is -0.494 e. The Morgan fingerprint density at radius 3 is 2.43 bits per heavy atom. The summed E-state index contributed by atoms with van der Waals surface area (Å²) in [5.74, 6) is 0.928. The zero-order valence-corrected chi connectivity index (χ0v) is 25.4. The van der Waals surface area contributed by atoms with Crippen LogP contribution in [-0.2, 0) is 11.3 Å². The lowest BCUT2D eigenvalue weighted by atomic mass is 9.99. The Morgan fingerprint density at radius 2 is 1.70 bits per heavy atom. The van der Waals surface area contributed by atoms with Crippen LogP contribution in [0.4, 0.5) is 17.3 Å². The quantitative estimate of drug-likeness (QED) is 0.0988. The normalized spacial score (nSPS) is 15.9. The molecule has 2 aliphatic heterocycles. The van der Waals surface area contributed by atoms with Crippen LogP contribution < -0.4 is 4.90 Å². The number of benzene rings is 3. The van der Waals surface area contributed by atoms with E-state index in [1.54, 1.807) is 6.07 Å². The lowest BCUT2D eigenvalue weighted by Crippen LogP contribution is -2.34. The van der Waals surface area contributed by atoms with Gasteiger partial charge in [-0.2, -0.15) is 0 Å². The number of hydrogen-bond acceptors (Lipinski definition) is 7. The second-order valence-corrected chi connectivity index (χ2v) is 12.0. The van der Waals surface area contributed by atoms with Crippen LogP contribution in [0, 0.1) is 10.1 Å². The zero-order valence-electron chi connectivity index (χ0n) is 25.4. The minimum atomic E-state index is -0.453. The van der Waals surface area contributed by atoms with E-state index in [1.165, 1.54) is 31.4 Å². The number of imidazole rings is 1. The van der Waals surface area contributed by atoms with Crippen molar-refractivity contribution in [3.63, 3.8) is 0 Å². The largest absolute Gasteiger partial charge is 0.494 e. The monoisotopic (exact) mass is 617 g/mol. The van der Waals surface area contributed by atoms with Crippen molar-refractivity contribution in [1.29, 1.82) is 0 Å². The van der Waals surface area contributed by atoms with Gasteiger partial charge in [0.2, 0.25) is 11.9 Å². The Bertz CT molecular complexity index is 1920. The first-order valence-electron chi connectivity index (χ1n) is 15.8. The highest BCUT2D eigenvalue weighted by Crippen LogP contribution is 2.34. The molecule has 0 unspecified atom stereocenters. The zero-order chi connectivity index (χ0) is 31.6. The Kier molecular flexibility index (Phi) is 7.96. The summed E-state index contributed by atoms with van der Waals surface area (Å²) < 4.78 is 0. The summed E-state index contributed by atoms with van der Waals surface area (Å²) in [6.07, 6.45) is 7.97. The summed E-state index contributed by atoms with van der Waals surface area (Å²) in [5.41, 5.74) is 5.57. The average molecular weight is 618 g/mol. The molecule has 2 saturated heterocycles. The lowest BCUT2D eigenvalue weighted by molar-refractivity contribution is -0.384.